The fraction of sp³-hybridized carbons (Fsp3) is 0.278. The van der Waals surface area contributed by atoms with Crippen molar-refractivity contribution in [3.8, 4) is 5.75 Å². The molecule has 0 aliphatic carbocycles. The zero-order chi connectivity index (χ0) is 15.1. The van der Waals surface area contributed by atoms with Crippen molar-refractivity contribution in [1.29, 1.82) is 0 Å². The number of rotatable bonds is 7. The van der Waals surface area contributed by atoms with Crippen molar-refractivity contribution in [3.63, 3.8) is 0 Å². The molecule has 0 aliphatic rings. The Morgan fingerprint density at radius 2 is 1.67 bits per heavy atom. The van der Waals surface area contributed by atoms with Crippen LogP contribution in [0, 0.1) is 0 Å². The van der Waals surface area contributed by atoms with Crippen LogP contribution in [0.4, 0.5) is 0 Å². The van der Waals surface area contributed by atoms with E-state index < -0.39 is 0 Å². The monoisotopic (exact) mass is 284 g/mol. The fourth-order valence-corrected chi connectivity index (χ4v) is 2.08. The molecule has 2 aromatic rings. The van der Waals surface area contributed by atoms with Crippen molar-refractivity contribution in [2.24, 2.45) is 0 Å². The summed E-state index contributed by atoms with van der Waals surface area (Å²) in [6.45, 7) is 4.44. The lowest BCUT2D eigenvalue weighted by Crippen LogP contribution is -2.11. The van der Waals surface area contributed by atoms with E-state index in [2.05, 4.69) is 0 Å². The second kappa shape index (κ2) is 7.60. The van der Waals surface area contributed by atoms with E-state index >= 15 is 0 Å². The van der Waals surface area contributed by atoms with Gasteiger partial charge in [-0.05, 0) is 31.5 Å². The van der Waals surface area contributed by atoms with Gasteiger partial charge in [0.15, 0.2) is 5.78 Å². The van der Waals surface area contributed by atoms with Crippen LogP contribution in [0.1, 0.15) is 35.9 Å². The average Bonchev–Trinajstić information content (AvgIpc) is 2.52. The molecule has 0 spiro atoms. The third-order valence-corrected chi connectivity index (χ3v) is 3.24. The van der Waals surface area contributed by atoms with Gasteiger partial charge in [-0.15, -0.1) is 0 Å². The zero-order valence-corrected chi connectivity index (χ0v) is 12.4. The second-order valence-electron chi connectivity index (χ2n) is 4.82. The standard InChI is InChI=1S/C18H20O3/c1-14(19)17-10-6-7-11-18(17)21-13-12-20-15(2)16-8-4-3-5-9-16/h3-11,15H,12-13H2,1-2H3. The molecule has 0 saturated heterocycles. The number of carbonyl (C=O) groups is 1. The lowest BCUT2D eigenvalue weighted by molar-refractivity contribution is 0.0437. The molecule has 0 bridgehead atoms. The number of benzene rings is 2. The quantitative estimate of drug-likeness (QED) is 0.568. The molecule has 3 heteroatoms. The SMILES string of the molecule is CC(=O)c1ccccc1OCCOC(C)c1ccccc1. The van der Waals surface area contributed by atoms with Gasteiger partial charge in [-0.3, -0.25) is 4.79 Å². The van der Waals surface area contributed by atoms with Crippen LogP contribution in [0.3, 0.4) is 0 Å². The van der Waals surface area contributed by atoms with Crippen molar-refractivity contribution >= 4 is 5.78 Å². The molecule has 3 nitrogen and oxygen atoms in total. The number of hydrogen-bond acceptors (Lipinski definition) is 3. The van der Waals surface area contributed by atoms with Crippen molar-refractivity contribution < 1.29 is 14.3 Å². The predicted molar refractivity (Wildman–Crippen MR) is 82.8 cm³/mol. The Morgan fingerprint density at radius 3 is 2.38 bits per heavy atom. The Bertz CT molecular complexity index is 578. The van der Waals surface area contributed by atoms with Crippen molar-refractivity contribution in [2.75, 3.05) is 13.2 Å². The summed E-state index contributed by atoms with van der Waals surface area (Å²) < 4.78 is 11.4. The van der Waals surface area contributed by atoms with Crippen LogP contribution in [0.25, 0.3) is 0 Å². The van der Waals surface area contributed by atoms with E-state index in [1.165, 1.54) is 6.92 Å². The van der Waals surface area contributed by atoms with Gasteiger partial charge in [-0.2, -0.15) is 0 Å². The Kier molecular flexibility index (Phi) is 5.52. The Morgan fingerprint density at radius 1 is 1.00 bits per heavy atom. The van der Waals surface area contributed by atoms with Gasteiger partial charge in [0.25, 0.3) is 0 Å². The molecule has 0 N–H and O–H groups in total. The van der Waals surface area contributed by atoms with E-state index in [-0.39, 0.29) is 11.9 Å². The number of para-hydroxylation sites is 1. The molecule has 0 amide bonds. The molecule has 2 rings (SSSR count). The highest BCUT2D eigenvalue weighted by Crippen LogP contribution is 2.19. The Balaban J connectivity index is 1.81. The summed E-state index contributed by atoms with van der Waals surface area (Å²) in [4.78, 5) is 11.5. The first-order chi connectivity index (χ1) is 10.2. The van der Waals surface area contributed by atoms with Gasteiger partial charge in [0.2, 0.25) is 0 Å². The Labute approximate surface area is 125 Å². The topological polar surface area (TPSA) is 35.5 Å². The van der Waals surface area contributed by atoms with Crippen LogP contribution in [-0.4, -0.2) is 19.0 Å². The molecular formula is C18H20O3. The third kappa shape index (κ3) is 4.43. The summed E-state index contributed by atoms with van der Waals surface area (Å²) >= 11 is 0. The molecule has 0 saturated carbocycles. The maximum absolute atomic E-state index is 11.5. The lowest BCUT2D eigenvalue weighted by Gasteiger charge is -2.14. The first-order valence-corrected chi connectivity index (χ1v) is 7.08. The van der Waals surface area contributed by atoms with Crippen LogP contribution >= 0.6 is 0 Å². The highest BCUT2D eigenvalue weighted by Gasteiger charge is 2.08. The molecule has 0 heterocycles. The second-order valence-corrected chi connectivity index (χ2v) is 4.82. The highest BCUT2D eigenvalue weighted by atomic mass is 16.5. The molecule has 0 fully saturated rings. The molecule has 0 aliphatic heterocycles. The molecule has 0 radical (unpaired) electrons. The van der Waals surface area contributed by atoms with Crippen molar-refractivity contribution in [2.45, 2.75) is 20.0 Å². The van der Waals surface area contributed by atoms with Crippen LogP contribution in [0.2, 0.25) is 0 Å². The summed E-state index contributed by atoms with van der Waals surface area (Å²) in [5, 5.41) is 0. The predicted octanol–water partition coefficient (Wildman–Crippen LogP) is 4.05. The van der Waals surface area contributed by atoms with E-state index in [0.29, 0.717) is 24.5 Å². The van der Waals surface area contributed by atoms with Crippen LogP contribution in [0.15, 0.2) is 54.6 Å². The van der Waals surface area contributed by atoms with Crippen LogP contribution in [0.5, 0.6) is 5.75 Å². The van der Waals surface area contributed by atoms with Crippen LogP contribution in [-0.2, 0) is 4.74 Å². The van der Waals surface area contributed by atoms with Gasteiger partial charge in [0, 0.05) is 0 Å². The van der Waals surface area contributed by atoms with E-state index in [1.807, 2.05) is 49.4 Å². The zero-order valence-electron chi connectivity index (χ0n) is 12.4. The molecule has 21 heavy (non-hydrogen) atoms. The number of ketones is 1. The van der Waals surface area contributed by atoms with E-state index in [1.54, 1.807) is 12.1 Å². The van der Waals surface area contributed by atoms with Crippen LogP contribution < -0.4 is 4.74 Å². The molecule has 0 aromatic heterocycles. The van der Waals surface area contributed by atoms with Gasteiger partial charge in [0.1, 0.15) is 12.4 Å². The van der Waals surface area contributed by atoms with E-state index in [4.69, 9.17) is 9.47 Å². The van der Waals surface area contributed by atoms with Gasteiger partial charge in [-0.25, -0.2) is 0 Å². The molecular weight excluding hydrogens is 264 g/mol. The minimum atomic E-state index is 0.00386. The van der Waals surface area contributed by atoms with Gasteiger partial charge in [-0.1, -0.05) is 42.5 Å². The van der Waals surface area contributed by atoms with Crippen molar-refractivity contribution in [3.05, 3.63) is 65.7 Å². The van der Waals surface area contributed by atoms with E-state index in [0.717, 1.165) is 5.56 Å². The van der Waals surface area contributed by atoms with Gasteiger partial charge >= 0.3 is 0 Å². The minimum Gasteiger partial charge on any atom is -0.490 e. The molecule has 110 valence electrons. The third-order valence-electron chi connectivity index (χ3n) is 3.24. The summed E-state index contributed by atoms with van der Waals surface area (Å²) in [5.74, 6) is 0.616. The number of ether oxygens (including phenoxy) is 2. The normalized spacial score (nSPS) is 11.9. The van der Waals surface area contributed by atoms with Crippen molar-refractivity contribution in [1.82, 2.24) is 0 Å². The average molecular weight is 284 g/mol. The summed E-state index contributed by atoms with van der Waals surface area (Å²) in [6, 6.07) is 17.3. The fourth-order valence-electron chi connectivity index (χ4n) is 2.08. The first kappa shape index (κ1) is 15.3. The summed E-state index contributed by atoms with van der Waals surface area (Å²) in [5.41, 5.74) is 1.75. The Hall–Kier alpha value is -2.13. The number of Topliss-reactive ketones (excluding diaryl/α,β-unsaturated/α-hetero) is 1. The number of hydrogen-bond donors (Lipinski definition) is 0. The van der Waals surface area contributed by atoms with Gasteiger partial charge in [0.05, 0.1) is 18.3 Å². The van der Waals surface area contributed by atoms with E-state index in [9.17, 15) is 4.79 Å². The molecule has 2 aromatic carbocycles. The first-order valence-electron chi connectivity index (χ1n) is 7.08. The number of carbonyl (C=O) groups excluding carboxylic acids is 1. The molecule has 1 unspecified atom stereocenters. The largest absolute Gasteiger partial charge is 0.490 e. The maximum atomic E-state index is 11.5. The smallest absolute Gasteiger partial charge is 0.163 e. The minimum absolute atomic E-state index is 0.00386. The summed E-state index contributed by atoms with van der Waals surface area (Å²) in [6.07, 6.45) is 0.0258. The molecule has 1 atom stereocenters. The van der Waals surface area contributed by atoms with Gasteiger partial charge < -0.3 is 9.47 Å². The maximum Gasteiger partial charge on any atom is 0.163 e. The highest BCUT2D eigenvalue weighted by molar-refractivity contribution is 5.96. The lowest BCUT2D eigenvalue weighted by atomic mass is 10.1. The summed E-state index contributed by atoms with van der Waals surface area (Å²) in [7, 11) is 0.